The van der Waals surface area contributed by atoms with E-state index < -0.39 is 0 Å². The Hall–Kier alpha value is -3.95. The van der Waals surface area contributed by atoms with Crippen LogP contribution in [0.1, 0.15) is 36.1 Å². The van der Waals surface area contributed by atoms with Crippen molar-refractivity contribution >= 4 is 17.4 Å². The summed E-state index contributed by atoms with van der Waals surface area (Å²) in [5.41, 5.74) is 3.36. The van der Waals surface area contributed by atoms with Crippen LogP contribution in [0.4, 0.5) is 5.82 Å². The quantitative estimate of drug-likeness (QED) is 0.529. The molecule has 10 nitrogen and oxygen atoms in total. The van der Waals surface area contributed by atoms with Gasteiger partial charge in [-0.1, -0.05) is 6.07 Å². The number of methoxy groups -OCH3 is 1. The van der Waals surface area contributed by atoms with Crippen LogP contribution in [-0.4, -0.2) is 49.2 Å². The van der Waals surface area contributed by atoms with E-state index in [2.05, 4.69) is 25.7 Å². The lowest BCUT2D eigenvalue weighted by molar-refractivity contribution is -0.116. The van der Waals surface area contributed by atoms with Gasteiger partial charge in [-0.25, -0.2) is 0 Å². The zero-order chi connectivity index (χ0) is 21.5. The second-order valence-electron chi connectivity index (χ2n) is 7.23. The van der Waals surface area contributed by atoms with E-state index >= 15 is 0 Å². The first-order valence-electron chi connectivity index (χ1n) is 9.96. The molecule has 0 fully saturated rings. The van der Waals surface area contributed by atoms with Crippen LogP contribution in [0.25, 0.3) is 11.5 Å². The van der Waals surface area contributed by atoms with E-state index in [1.807, 2.05) is 32.0 Å². The predicted octanol–water partition coefficient (Wildman–Crippen LogP) is 2.50. The molecule has 10 heteroatoms. The highest BCUT2D eigenvalue weighted by molar-refractivity contribution is 5.95. The Labute approximate surface area is 177 Å². The smallest absolute Gasteiger partial charge is 0.226 e. The molecule has 0 bridgehead atoms. The number of benzene rings is 1. The molecule has 1 aromatic carbocycles. The molecular formula is C21H21N7O3. The van der Waals surface area contributed by atoms with Gasteiger partial charge in [-0.15, -0.1) is 15.3 Å². The van der Waals surface area contributed by atoms with E-state index in [0.717, 1.165) is 16.8 Å². The third kappa shape index (κ3) is 3.16. The van der Waals surface area contributed by atoms with Crippen molar-refractivity contribution in [3.63, 3.8) is 0 Å². The number of nitrogens with one attached hydrogen (secondary N) is 1. The lowest BCUT2D eigenvalue weighted by Gasteiger charge is -2.25. The van der Waals surface area contributed by atoms with Gasteiger partial charge in [0.25, 0.3) is 0 Å². The van der Waals surface area contributed by atoms with Crippen LogP contribution in [0.15, 0.2) is 36.7 Å². The Kier molecular flexibility index (Phi) is 4.54. The minimum absolute atomic E-state index is 0.0862. The van der Waals surface area contributed by atoms with Crippen LogP contribution in [0.2, 0.25) is 0 Å². The lowest BCUT2D eigenvalue weighted by atomic mass is 9.85. The van der Waals surface area contributed by atoms with Gasteiger partial charge in [0.2, 0.25) is 5.91 Å². The van der Waals surface area contributed by atoms with E-state index in [1.54, 1.807) is 28.4 Å². The van der Waals surface area contributed by atoms with Gasteiger partial charge in [0.05, 0.1) is 19.4 Å². The van der Waals surface area contributed by atoms with Crippen LogP contribution in [0, 0.1) is 6.92 Å². The number of fused-ring (bicyclic) bond motifs is 2. The molecule has 4 heterocycles. The molecule has 158 valence electrons. The molecule has 0 aliphatic carbocycles. The van der Waals surface area contributed by atoms with Crippen LogP contribution >= 0.6 is 0 Å². The number of aromatic nitrogens is 6. The van der Waals surface area contributed by atoms with Crippen molar-refractivity contribution in [2.75, 3.05) is 19.0 Å². The topological polar surface area (TPSA) is 108 Å². The van der Waals surface area contributed by atoms with E-state index in [0.29, 0.717) is 41.8 Å². The fourth-order valence-electron chi connectivity index (χ4n) is 4.00. The fourth-order valence-corrected chi connectivity index (χ4v) is 4.00. The summed E-state index contributed by atoms with van der Waals surface area (Å²) in [5.74, 6) is 2.23. The Morgan fingerprint density at radius 1 is 1.19 bits per heavy atom. The number of rotatable bonds is 5. The number of aryl methyl sites for hydroxylation is 1. The molecule has 31 heavy (non-hydrogen) atoms. The van der Waals surface area contributed by atoms with E-state index in [1.165, 1.54) is 6.33 Å². The van der Waals surface area contributed by atoms with Gasteiger partial charge in [-0.05, 0) is 43.7 Å². The second-order valence-corrected chi connectivity index (χ2v) is 7.23. The van der Waals surface area contributed by atoms with Crippen LogP contribution in [-0.2, 0) is 4.79 Å². The molecule has 0 unspecified atom stereocenters. The Bertz CT molecular complexity index is 1290. The fraction of sp³-hybridized carbons (Fsp3) is 0.286. The summed E-state index contributed by atoms with van der Waals surface area (Å²) < 4.78 is 14.4. The summed E-state index contributed by atoms with van der Waals surface area (Å²) in [5, 5.41) is 20.0. The van der Waals surface area contributed by atoms with Crippen molar-refractivity contribution in [1.29, 1.82) is 0 Å². The highest BCUT2D eigenvalue weighted by atomic mass is 16.5. The zero-order valence-corrected chi connectivity index (χ0v) is 17.4. The number of ether oxygens (including phenoxy) is 2. The maximum absolute atomic E-state index is 12.6. The summed E-state index contributed by atoms with van der Waals surface area (Å²) in [6, 6.07) is 9.38. The molecule has 5 rings (SSSR count). The van der Waals surface area contributed by atoms with Gasteiger partial charge in [0.15, 0.2) is 23.0 Å². The highest BCUT2D eigenvalue weighted by Gasteiger charge is 2.33. The Morgan fingerprint density at radius 3 is 2.87 bits per heavy atom. The summed E-state index contributed by atoms with van der Waals surface area (Å²) in [6.45, 7) is 4.40. The minimum atomic E-state index is -0.166. The Balaban J connectivity index is 1.62. The van der Waals surface area contributed by atoms with Crippen molar-refractivity contribution in [3.05, 3.63) is 53.5 Å². The average molecular weight is 419 g/mol. The Morgan fingerprint density at radius 2 is 2.06 bits per heavy atom. The van der Waals surface area contributed by atoms with Crippen molar-refractivity contribution in [1.82, 2.24) is 29.6 Å². The molecule has 0 spiro atoms. The first-order chi connectivity index (χ1) is 15.1. The number of carbonyl (C=O) groups excluding carboxylic acids is 1. The van der Waals surface area contributed by atoms with Gasteiger partial charge >= 0.3 is 0 Å². The molecular weight excluding hydrogens is 398 g/mol. The maximum Gasteiger partial charge on any atom is 0.226 e. The lowest BCUT2D eigenvalue weighted by Crippen LogP contribution is -2.25. The maximum atomic E-state index is 12.6. The summed E-state index contributed by atoms with van der Waals surface area (Å²) >= 11 is 0. The van der Waals surface area contributed by atoms with Gasteiger partial charge in [0, 0.05) is 17.9 Å². The number of hydrogen-bond donors (Lipinski definition) is 1. The third-order valence-corrected chi connectivity index (χ3v) is 5.36. The monoisotopic (exact) mass is 419 g/mol. The molecule has 0 saturated heterocycles. The number of anilines is 1. The molecule has 1 amide bonds. The van der Waals surface area contributed by atoms with Gasteiger partial charge in [-0.3, -0.25) is 4.79 Å². The van der Waals surface area contributed by atoms with Crippen molar-refractivity contribution in [2.24, 2.45) is 0 Å². The van der Waals surface area contributed by atoms with Gasteiger partial charge in [-0.2, -0.15) is 14.3 Å². The van der Waals surface area contributed by atoms with E-state index in [4.69, 9.17) is 9.47 Å². The number of amides is 1. The molecule has 4 aromatic rings. The number of carbonyl (C=O) groups is 1. The standard InChI is InChI=1S/C21H21N7O3/c1-4-31-15-6-5-13(9-16(15)30-3)14-10-19(29)23-21-20(14)12(2)25-28(21)18-8-7-17-24-22-11-27(17)26-18/h5-9,11,14H,4,10H2,1-3H3,(H,23,29)/t14-/m1/s1. The van der Waals surface area contributed by atoms with Crippen LogP contribution in [0.5, 0.6) is 11.5 Å². The van der Waals surface area contributed by atoms with Crippen molar-refractivity contribution in [3.8, 4) is 17.3 Å². The highest BCUT2D eigenvalue weighted by Crippen LogP contribution is 2.42. The number of nitrogens with zero attached hydrogens (tertiary/aromatic N) is 6. The third-order valence-electron chi connectivity index (χ3n) is 5.36. The molecule has 0 saturated carbocycles. The predicted molar refractivity (Wildman–Crippen MR) is 112 cm³/mol. The molecule has 3 aromatic heterocycles. The van der Waals surface area contributed by atoms with Gasteiger partial charge in [0.1, 0.15) is 12.1 Å². The summed E-state index contributed by atoms with van der Waals surface area (Å²) in [6.07, 6.45) is 1.84. The molecule has 1 atom stereocenters. The summed E-state index contributed by atoms with van der Waals surface area (Å²) in [7, 11) is 1.61. The minimum Gasteiger partial charge on any atom is -0.493 e. The first-order valence-corrected chi connectivity index (χ1v) is 9.96. The van der Waals surface area contributed by atoms with E-state index in [-0.39, 0.29) is 11.8 Å². The average Bonchev–Trinajstić information content (AvgIpc) is 3.37. The zero-order valence-electron chi connectivity index (χ0n) is 17.4. The van der Waals surface area contributed by atoms with Crippen LogP contribution in [0.3, 0.4) is 0 Å². The molecule has 1 aliphatic heterocycles. The normalized spacial score (nSPS) is 15.6. The van der Waals surface area contributed by atoms with E-state index in [9.17, 15) is 4.79 Å². The number of hydrogen-bond acceptors (Lipinski definition) is 7. The molecule has 1 aliphatic rings. The van der Waals surface area contributed by atoms with Crippen LogP contribution < -0.4 is 14.8 Å². The molecule has 0 radical (unpaired) electrons. The second kappa shape index (κ2) is 7.38. The first kappa shape index (κ1) is 19.0. The SMILES string of the molecule is CCOc1ccc([C@H]2CC(=O)Nc3c2c(C)nn3-c2ccc3nncn3n2)cc1OC. The van der Waals surface area contributed by atoms with Crippen molar-refractivity contribution in [2.45, 2.75) is 26.2 Å². The molecule has 1 N–H and O–H groups in total. The van der Waals surface area contributed by atoms with Gasteiger partial charge < -0.3 is 14.8 Å². The summed E-state index contributed by atoms with van der Waals surface area (Å²) in [4.78, 5) is 12.6. The largest absolute Gasteiger partial charge is 0.493 e. The van der Waals surface area contributed by atoms with Crippen molar-refractivity contribution < 1.29 is 14.3 Å².